The summed E-state index contributed by atoms with van der Waals surface area (Å²) in [6.07, 6.45) is 1.78. The molecule has 0 aliphatic rings. The minimum atomic E-state index is 0.774. The maximum absolute atomic E-state index is 5.77. The number of rotatable bonds is 3. The molecule has 4 rings (SSSR count). The van der Waals surface area contributed by atoms with Gasteiger partial charge in [0.15, 0.2) is 0 Å². The maximum Gasteiger partial charge on any atom is 0.138 e. The number of fused-ring (bicyclic) bond motifs is 1. The van der Waals surface area contributed by atoms with E-state index in [1.165, 1.54) is 0 Å². The van der Waals surface area contributed by atoms with Crippen LogP contribution in [0.1, 0.15) is 16.7 Å². The molecule has 1 aromatic heterocycles. The van der Waals surface area contributed by atoms with E-state index in [4.69, 9.17) is 13.9 Å². The van der Waals surface area contributed by atoms with E-state index >= 15 is 0 Å². The van der Waals surface area contributed by atoms with E-state index in [0.717, 1.165) is 50.3 Å². The zero-order valence-electron chi connectivity index (χ0n) is 16.1. The minimum Gasteiger partial charge on any atom is -0.497 e. The molecular weight excluding hydrogens is 348 g/mol. The third kappa shape index (κ3) is 3.33. The Hall–Kier alpha value is -3.64. The summed E-state index contributed by atoms with van der Waals surface area (Å²) in [5.74, 6) is 8.23. The largest absolute Gasteiger partial charge is 0.497 e. The Bertz CT molecular complexity index is 1210. The van der Waals surface area contributed by atoms with Gasteiger partial charge < -0.3 is 13.9 Å². The molecule has 0 atom stereocenters. The van der Waals surface area contributed by atoms with Gasteiger partial charge in [-0.1, -0.05) is 30.0 Å². The van der Waals surface area contributed by atoms with Gasteiger partial charge >= 0.3 is 0 Å². The van der Waals surface area contributed by atoms with Crippen molar-refractivity contribution in [3.05, 3.63) is 83.6 Å². The first-order valence-electron chi connectivity index (χ1n) is 9.01. The first-order valence-corrected chi connectivity index (χ1v) is 9.01. The number of furan rings is 1. The van der Waals surface area contributed by atoms with Gasteiger partial charge in [0.2, 0.25) is 0 Å². The molecule has 138 valence electrons. The van der Waals surface area contributed by atoms with Gasteiger partial charge in [-0.25, -0.2) is 0 Å². The average molecular weight is 368 g/mol. The SMILES string of the molecule is COc1ccc(C#Cc2ccccc2-c2coc3cc(OC)ccc23)c(C)c1. The molecule has 3 nitrogen and oxygen atoms in total. The Kier molecular flexibility index (Phi) is 4.78. The molecule has 0 unspecified atom stereocenters. The second-order valence-electron chi connectivity index (χ2n) is 6.49. The summed E-state index contributed by atoms with van der Waals surface area (Å²) >= 11 is 0. The quantitative estimate of drug-likeness (QED) is 0.427. The van der Waals surface area contributed by atoms with Crippen LogP contribution >= 0.6 is 0 Å². The van der Waals surface area contributed by atoms with Crippen molar-refractivity contribution in [3.63, 3.8) is 0 Å². The van der Waals surface area contributed by atoms with Crippen LogP contribution in [0.15, 0.2) is 71.3 Å². The predicted octanol–water partition coefficient (Wildman–Crippen LogP) is 5.83. The second-order valence-corrected chi connectivity index (χ2v) is 6.49. The standard InChI is InChI=1S/C25H20O3/c1-17-14-20(26-2)11-10-18(17)8-9-19-6-4-5-7-22(19)24-16-28-25-15-21(27-3)12-13-23(24)25/h4-7,10-16H,1-3H3. The predicted molar refractivity (Wildman–Crippen MR) is 112 cm³/mol. The Morgan fingerprint density at radius 1 is 0.750 bits per heavy atom. The Morgan fingerprint density at radius 2 is 1.46 bits per heavy atom. The van der Waals surface area contributed by atoms with Crippen molar-refractivity contribution in [2.45, 2.75) is 6.92 Å². The number of hydrogen-bond acceptors (Lipinski definition) is 3. The third-order valence-corrected chi connectivity index (χ3v) is 4.77. The molecule has 0 radical (unpaired) electrons. The highest BCUT2D eigenvalue weighted by molar-refractivity contribution is 5.96. The van der Waals surface area contributed by atoms with Crippen LogP contribution in [0.25, 0.3) is 22.1 Å². The second kappa shape index (κ2) is 7.54. The van der Waals surface area contributed by atoms with Crippen molar-refractivity contribution < 1.29 is 13.9 Å². The van der Waals surface area contributed by atoms with E-state index in [9.17, 15) is 0 Å². The van der Waals surface area contributed by atoms with Gasteiger partial charge in [0, 0.05) is 33.7 Å². The normalized spacial score (nSPS) is 10.4. The molecule has 0 saturated heterocycles. The van der Waals surface area contributed by atoms with Crippen LogP contribution in [-0.2, 0) is 0 Å². The van der Waals surface area contributed by atoms with Crippen LogP contribution in [0.2, 0.25) is 0 Å². The summed E-state index contributed by atoms with van der Waals surface area (Å²) in [6.45, 7) is 2.04. The van der Waals surface area contributed by atoms with Crippen molar-refractivity contribution >= 4 is 11.0 Å². The molecule has 0 N–H and O–H groups in total. The molecule has 0 amide bonds. The third-order valence-electron chi connectivity index (χ3n) is 4.77. The molecule has 28 heavy (non-hydrogen) atoms. The molecule has 0 spiro atoms. The van der Waals surface area contributed by atoms with Gasteiger partial charge in [0.05, 0.1) is 20.5 Å². The first kappa shape index (κ1) is 17.8. The highest BCUT2D eigenvalue weighted by Gasteiger charge is 2.11. The molecule has 0 aliphatic carbocycles. The highest BCUT2D eigenvalue weighted by atomic mass is 16.5. The van der Waals surface area contributed by atoms with E-state index in [0.29, 0.717) is 0 Å². The molecule has 0 bridgehead atoms. The number of aryl methyl sites for hydroxylation is 1. The summed E-state index contributed by atoms with van der Waals surface area (Å²) in [7, 11) is 3.32. The van der Waals surface area contributed by atoms with Crippen LogP contribution < -0.4 is 9.47 Å². The van der Waals surface area contributed by atoms with Crippen LogP contribution in [0.5, 0.6) is 11.5 Å². The molecular formula is C25H20O3. The Labute approximate surface area is 164 Å². The summed E-state index contributed by atoms with van der Waals surface area (Å²) < 4.78 is 16.3. The molecule has 4 aromatic rings. The molecule has 0 saturated carbocycles. The lowest BCUT2D eigenvalue weighted by Gasteiger charge is -2.04. The number of benzene rings is 3. The van der Waals surface area contributed by atoms with Gasteiger partial charge in [-0.2, -0.15) is 0 Å². The van der Waals surface area contributed by atoms with Gasteiger partial charge in [0.1, 0.15) is 17.1 Å². The summed E-state index contributed by atoms with van der Waals surface area (Å²) in [5.41, 5.74) is 5.89. The van der Waals surface area contributed by atoms with E-state index < -0.39 is 0 Å². The number of methoxy groups -OCH3 is 2. The van der Waals surface area contributed by atoms with Gasteiger partial charge in [-0.05, 0) is 48.9 Å². The molecule has 3 aromatic carbocycles. The number of hydrogen-bond donors (Lipinski definition) is 0. The lowest BCUT2D eigenvalue weighted by molar-refractivity contribution is 0.414. The maximum atomic E-state index is 5.77. The van der Waals surface area contributed by atoms with Crippen molar-refractivity contribution in [2.75, 3.05) is 14.2 Å². The van der Waals surface area contributed by atoms with E-state index in [2.05, 4.69) is 17.9 Å². The Balaban J connectivity index is 1.77. The van der Waals surface area contributed by atoms with Crippen LogP contribution in [0.4, 0.5) is 0 Å². The van der Waals surface area contributed by atoms with Crippen LogP contribution in [0.3, 0.4) is 0 Å². The fraction of sp³-hybridized carbons (Fsp3) is 0.120. The zero-order chi connectivity index (χ0) is 19.5. The van der Waals surface area contributed by atoms with E-state index in [1.807, 2.05) is 61.5 Å². The first-order chi connectivity index (χ1) is 13.7. The smallest absolute Gasteiger partial charge is 0.138 e. The van der Waals surface area contributed by atoms with Gasteiger partial charge in [-0.15, -0.1) is 0 Å². The average Bonchev–Trinajstić information content (AvgIpc) is 3.16. The van der Waals surface area contributed by atoms with Crippen molar-refractivity contribution in [3.8, 4) is 34.5 Å². The summed E-state index contributed by atoms with van der Waals surface area (Å²) in [6, 6.07) is 19.9. The summed E-state index contributed by atoms with van der Waals surface area (Å²) in [4.78, 5) is 0. The Morgan fingerprint density at radius 3 is 2.25 bits per heavy atom. The molecule has 3 heteroatoms. The monoisotopic (exact) mass is 368 g/mol. The summed E-state index contributed by atoms with van der Waals surface area (Å²) in [5, 5.41) is 1.04. The van der Waals surface area contributed by atoms with Gasteiger partial charge in [-0.3, -0.25) is 0 Å². The lowest BCUT2D eigenvalue weighted by atomic mass is 9.99. The highest BCUT2D eigenvalue weighted by Crippen LogP contribution is 2.34. The number of ether oxygens (including phenoxy) is 2. The van der Waals surface area contributed by atoms with E-state index in [-0.39, 0.29) is 0 Å². The fourth-order valence-electron chi connectivity index (χ4n) is 3.21. The van der Waals surface area contributed by atoms with Crippen molar-refractivity contribution in [1.29, 1.82) is 0 Å². The van der Waals surface area contributed by atoms with Crippen LogP contribution in [-0.4, -0.2) is 14.2 Å². The molecule has 0 fully saturated rings. The van der Waals surface area contributed by atoms with E-state index in [1.54, 1.807) is 20.5 Å². The van der Waals surface area contributed by atoms with Gasteiger partial charge in [0.25, 0.3) is 0 Å². The molecule has 0 aliphatic heterocycles. The molecule has 1 heterocycles. The van der Waals surface area contributed by atoms with Crippen molar-refractivity contribution in [2.24, 2.45) is 0 Å². The fourth-order valence-corrected chi connectivity index (χ4v) is 3.21. The minimum absolute atomic E-state index is 0.774. The zero-order valence-corrected chi connectivity index (χ0v) is 16.1. The lowest BCUT2D eigenvalue weighted by Crippen LogP contribution is -1.87. The topological polar surface area (TPSA) is 31.6 Å². The van der Waals surface area contributed by atoms with Crippen LogP contribution in [0, 0.1) is 18.8 Å². The van der Waals surface area contributed by atoms with Crippen molar-refractivity contribution in [1.82, 2.24) is 0 Å².